The molecule has 0 aliphatic carbocycles. The molecule has 1 aliphatic rings. The summed E-state index contributed by atoms with van der Waals surface area (Å²) in [4.78, 5) is 0. The van der Waals surface area contributed by atoms with E-state index in [4.69, 9.17) is 18.9 Å². The first kappa shape index (κ1) is 18.2. The second-order valence-electron chi connectivity index (χ2n) is 6.85. The molecule has 1 aliphatic heterocycles. The van der Waals surface area contributed by atoms with Crippen LogP contribution in [0.15, 0.2) is 66.7 Å². The Morgan fingerprint density at radius 3 is 1.79 bits per heavy atom. The van der Waals surface area contributed by atoms with E-state index in [1.165, 1.54) is 11.1 Å². The van der Waals surface area contributed by atoms with Crippen LogP contribution < -0.4 is 18.9 Å². The largest absolute Gasteiger partial charge is 0.497 e. The van der Waals surface area contributed by atoms with Gasteiger partial charge in [-0.05, 0) is 41.5 Å². The molecule has 0 N–H and O–H groups in total. The quantitative estimate of drug-likeness (QED) is 0.626. The van der Waals surface area contributed by atoms with Crippen LogP contribution in [0.25, 0.3) is 0 Å². The summed E-state index contributed by atoms with van der Waals surface area (Å²) < 4.78 is 22.2. The monoisotopic (exact) mass is 376 g/mol. The fourth-order valence-electron chi connectivity index (χ4n) is 3.88. The van der Waals surface area contributed by atoms with Crippen LogP contribution in [-0.4, -0.2) is 27.9 Å². The van der Waals surface area contributed by atoms with E-state index in [-0.39, 0.29) is 11.8 Å². The Morgan fingerprint density at radius 2 is 1.21 bits per heavy atom. The molecule has 4 rings (SSSR count). The zero-order chi connectivity index (χ0) is 19.5. The van der Waals surface area contributed by atoms with E-state index in [1.807, 2.05) is 36.4 Å². The predicted molar refractivity (Wildman–Crippen MR) is 109 cm³/mol. The zero-order valence-corrected chi connectivity index (χ0v) is 16.3. The second kappa shape index (κ2) is 7.85. The van der Waals surface area contributed by atoms with E-state index < -0.39 is 0 Å². The van der Waals surface area contributed by atoms with Gasteiger partial charge in [-0.2, -0.15) is 0 Å². The highest BCUT2D eigenvalue weighted by Gasteiger charge is 2.33. The molecule has 0 spiro atoms. The Bertz CT molecular complexity index is 932. The number of fused-ring (bicyclic) bond motifs is 1. The summed E-state index contributed by atoms with van der Waals surface area (Å²) in [6.07, 6.45) is 0. The van der Waals surface area contributed by atoms with Gasteiger partial charge in [-0.15, -0.1) is 0 Å². The molecule has 0 saturated carbocycles. The maximum absolute atomic E-state index is 6.15. The van der Waals surface area contributed by atoms with Crippen LogP contribution in [0.3, 0.4) is 0 Å². The minimum atomic E-state index is 0.175. The summed E-state index contributed by atoms with van der Waals surface area (Å²) in [5.74, 6) is 3.76. The van der Waals surface area contributed by atoms with Gasteiger partial charge >= 0.3 is 0 Å². The molecule has 0 saturated heterocycles. The number of methoxy groups -OCH3 is 3. The van der Waals surface area contributed by atoms with Crippen LogP contribution in [0.2, 0.25) is 0 Å². The SMILES string of the molecule is COc1ccc([C@@H]2c3ccc(OC)cc3OC[C@@H]2c2ccc(OC)cc2)cc1. The highest BCUT2D eigenvalue weighted by atomic mass is 16.5. The van der Waals surface area contributed by atoms with Crippen molar-refractivity contribution in [3.05, 3.63) is 83.4 Å². The Labute approximate surface area is 165 Å². The fraction of sp³-hybridized carbons (Fsp3) is 0.250. The van der Waals surface area contributed by atoms with E-state index in [9.17, 15) is 0 Å². The van der Waals surface area contributed by atoms with Crippen molar-refractivity contribution >= 4 is 0 Å². The molecule has 144 valence electrons. The molecule has 2 atom stereocenters. The molecule has 3 aromatic rings. The molecule has 4 nitrogen and oxygen atoms in total. The lowest BCUT2D eigenvalue weighted by molar-refractivity contribution is 0.247. The lowest BCUT2D eigenvalue weighted by Gasteiger charge is -2.34. The molecular formula is C24H24O4. The standard InChI is InChI=1S/C24H24O4/c1-25-18-8-4-16(5-9-18)22-15-28-23-14-20(27-3)12-13-21(23)24(22)17-6-10-19(26-2)11-7-17/h4-14,22,24H,15H2,1-3H3/t22-,24-/m1/s1. The van der Waals surface area contributed by atoms with Gasteiger partial charge in [0.1, 0.15) is 23.0 Å². The van der Waals surface area contributed by atoms with Crippen molar-refractivity contribution in [3.8, 4) is 23.0 Å². The third-order valence-corrected chi connectivity index (χ3v) is 5.40. The maximum Gasteiger partial charge on any atom is 0.126 e. The lowest BCUT2D eigenvalue weighted by Crippen LogP contribution is -2.25. The smallest absolute Gasteiger partial charge is 0.126 e. The minimum absolute atomic E-state index is 0.175. The maximum atomic E-state index is 6.15. The van der Waals surface area contributed by atoms with E-state index in [0.717, 1.165) is 28.6 Å². The minimum Gasteiger partial charge on any atom is -0.497 e. The predicted octanol–water partition coefficient (Wildman–Crippen LogP) is 5.02. The highest BCUT2D eigenvalue weighted by Crippen LogP contribution is 2.47. The summed E-state index contributed by atoms with van der Waals surface area (Å²) in [6.45, 7) is 0.600. The average molecular weight is 376 g/mol. The van der Waals surface area contributed by atoms with Crippen LogP contribution in [0.1, 0.15) is 28.5 Å². The van der Waals surface area contributed by atoms with Crippen molar-refractivity contribution in [2.75, 3.05) is 27.9 Å². The highest BCUT2D eigenvalue weighted by molar-refractivity contribution is 5.51. The van der Waals surface area contributed by atoms with Crippen molar-refractivity contribution in [2.45, 2.75) is 11.8 Å². The molecule has 0 bridgehead atoms. The Hall–Kier alpha value is -3.14. The molecule has 4 heteroatoms. The van der Waals surface area contributed by atoms with E-state index >= 15 is 0 Å². The number of ether oxygens (including phenoxy) is 4. The van der Waals surface area contributed by atoms with Crippen molar-refractivity contribution in [1.29, 1.82) is 0 Å². The van der Waals surface area contributed by atoms with Crippen LogP contribution in [0, 0.1) is 0 Å². The first-order valence-electron chi connectivity index (χ1n) is 9.32. The van der Waals surface area contributed by atoms with Crippen LogP contribution in [0.5, 0.6) is 23.0 Å². The fourth-order valence-corrected chi connectivity index (χ4v) is 3.88. The summed E-state index contributed by atoms with van der Waals surface area (Å²) in [7, 11) is 5.04. The van der Waals surface area contributed by atoms with Crippen LogP contribution in [-0.2, 0) is 0 Å². The van der Waals surface area contributed by atoms with E-state index in [2.05, 4.69) is 30.3 Å². The summed E-state index contributed by atoms with van der Waals surface area (Å²) in [5.41, 5.74) is 3.62. The van der Waals surface area contributed by atoms with Crippen molar-refractivity contribution in [3.63, 3.8) is 0 Å². The summed E-state index contributed by atoms with van der Waals surface area (Å²) in [5, 5.41) is 0. The molecule has 0 fully saturated rings. The Morgan fingerprint density at radius 1 is 0.679 bits per heavy atom. The summed E-state index contributed by atoms with van der Waals surface area (Å²) >= 11 is 0. The Balaban J connectivity index is 1.79. The number of benzene rings is 3. The van der Waals surface area contributed by atoms with Gasteiger partial charge < -0.3 is 18.9 Å². The van der Waals surface area contributed by atoms with Gasteiger partial charge in [0, 0.05) is 23.5 Å². The first-order chi connectivity index (χ1) is 13.7. The van der Waals surface area contributed by atoms with Crippen LogP contribution in [0.4, 0.5) is 0 Å². The van der Waals surface area contributed by atoms with Gasteiger partial charge in [-0.1, -0.05) is 30.3 Å². The average Bonchev–Trinajstić information content (AvgIpc) is 2.78. The van der Waals surface area contributed by atoms with Crippen molar-refractivity contribution in [2.24, 2.45) is 0 Å². The van der Waals surface area contributed by atoms with Gasteiger partial charge in [-0.25, -0.2) is 0 Å². The van der Waals surface area contributed by atoms with Gasteiger partial charge in [0.05, 0.1) is 27.9 Å². The molecule has 1 heterocycles. The molecule has 3 aromatic carbocycles. The Kier molecular flexibility index (Phi) is 5.11. The zero-order valence-electron chi connectivity index (χ0n) is 16.3. The third kappa shape index (κ3) is 3.38. The number of hydrogen-bond donors (Lipinski definition) is 0. The van der Waals surface area contributed by atoms with Crippen molar-refractivity contribution < 1.29 is 18.9 Å². The van der Waals surface area contributed by atoms with Gasteiger partial charge in [-0.3, -0.25) is 0 Å². The topological polar surface area (TPSA) is 36.9 Å². The van der Waals surface area contributed by atoms with Crippen LogP contribution >= 0.6 is 0 Å². The number of rotatable bonds is 5. The molecule has 0 unspecified atom stereocenters. The molecule has 0 radical (unpaired) electrons. The molecular weight excluding hydrogens is 352 g/mol. The first-order valence-corrected chi connectivity index (χ1v) is 9.32. The molecule has 0 amide bonds. The lowest BCUT2D eigenvalue weighted by atomic mass is 9.76. The van der Waals surface area contributed by atoms with Gasteiger partial charge in [0.2, 0.25) is 0 Å². The third-order valence-electron chi connectivity index (χ3n) is 5.40. The normalized spacial score (nSPS) is 18.0. The summed E-state index contributed by atoms with van der Waals surface area (Å²) in [6, 6.07) is 22.6. The van der Waals surface area contributed by atoms with Gasteiger partial charge in [0.15, 0.2) is 0 Å². The molecule has 28 heavy (non-hydrogen) atoms. The van der Waals surface area contributed by atoms with Gasteiger partial charge in [0.25, 0.3) is 0 Å². The second-order valence-corrected chi connectivity index (χ2v) is 6.85. The van der Waals surface area contributed by atoms with Crippen molar-refractivity contribution in [1.82, 2.24) is 0 Å². The van der Waals surface area contributed by atoms with E-state index in [1.54, 1.807) is 21.3 Å². The molecule has 0 aromatic heterocycles. The van der Waals surface area contributed by atoms with E-state index in [0.29, 0.717) is 6.61 Å². The number of hydrogen-bond acceptors (Lipinski definition) is 4.